The van der Waals surface area contributed by atoms with Crippen molar-refractivity contribution in [2.75, 3.05) is 13.2 Å². The molecule has 0 radical (unpaired) electrons. The zero-order valence-electron chi connectivity index (χ0n) is 14.1. The maximum atomic E-state index is 10.1. The molecule has 0 aliphatic carbocycles. The first-order valence-electron chi connectivity index (χ1n) is 7.86. The summed E-state index contributed by atoms with van der Waals surface area (Å²) in [6.07, 6.45) is 0.623. The van der Waals surface area contributed by atoms with Crippen LogP contribution < -0.4 is 9.47 Å². The van der Waals surface area contributed by atoms with Crippen LogP contribution in [-0.2, 0) is 6.42 Å². The minimum atomic E-state index is 0.139. The van der Waals surface area contributed by atoms with E-state index >= 15 is 0 Å². The van der Waals surface area contributed by atoms with Gasteiger partial charge in [-0.15, -0.1) is 0 Å². The van der Waals surface area contributed by atoms with E-state index in [1.165, 1.54) is 0 Å². The third-order valence-corrected chi connectivity index (χ3v) is 3.82. The van der Waals surface area contributed by atoms with E-state index in [2.05, 4.69) is 0 Å². The first kappa shape index (κ1) is 17.0. The van der Waals surface area contributed by atoms with Crippen LogP contribution in [-0.4, -0.2) is 23.4 Å². The number of rotatable bonds is 6. The lowest BCUT2D eigenvalue weighted by Gasteiger charge is -2.14. The minimum absolute atomic E-state index is 0.139. The highest BCUT2D eigenvalue weighted by Gasteiger charge is 2.12. The van der Waals surface area contributed by atoms with Gasteiger partial charge in [0, 0.05) is 0 Å². The molecule has 2 aromatic rings. The molecule has 0 saturated heterocycles. The molecule has 0 spiro atoms. The van der Waals surface area contributed by atoms with Crippen LogP contribution >= 0.6 is 0 Å². The Kier molecular flexibility index (Phi) is 5.37. The lowest BCUT2D eigenvalue weighted by atomic mass is 9.96. The lowest BCUT2D eigenvalue weighted by molar-refractivity contribution is 0.317. The fourth-order valence-corrected chi connectivity index (χ4v) is 2.55. The third-order valence-electron chi connectivity index (χ3n) is 3.82. The second-order valence-corrected chi connectivity index (χ2v) is 5.54. The van der Waals surface area contributed by atoms with E-state index in [0.29, 0.717) is 31.1 Å². The van der Waals surface area contributed by atoms with Gasteiger partial charge in [-0.1, -0.05) is 0 Å². The number of phenols is 2. The predicted octanol–water partition coefficient (Wildman–Crippen LogP) is 4.10. The van der Waals surface area contributed by atoms with Crippen molar-refractivity contribution in [3.05, 3.63) is 46.5 Å². The molecule has 23 heavy (non-hydrogen) atoms. The molecule has 2 aromatic carbocycles. The zero-order chi connectivity index (χ0) is 17.0. The molecule has 0 atom stereocenters. The van der Waals surface area contributed by atoms with E-state index in [-0.39, 0.29) is 11.5 Å². The molecule has 0 amide bonds. The summed E-state index contributed by atoms with van der Waals surface area (Å²) < 4.78 is 10.8. The van der Waals surface area contributed by atoms with Crippen LogP contribution in [0, 0.1) is 13.8 Å². The summed E-state index contributed by atoms with van der Waals surface area (Å²) in [5, 5.41) is 20.1. The maximum absolute atomic E-state index is 10.1. The van der Waals surface area contributed by atoms with Crippen LogP contribution in [0.5, 0.6) is 23.0 Å². The Morgan fingerprint density at radius 1 is 0.739 bits per heavy atom. The van der Waals surface area contributed by atoms with Crippen molar-refractivity contribution >= 4 is 0 Å². The number of phenolic OH excluding ortho intramolecular Hbond substituents is 2. The fourth-order valence-electron chi connectivity index (χ4n) is 2.55. The monoisotopic (exact) mass is 316 g/mol. The van der Waals surface area contributed by atoms with Gasteiger partial charge in [0.05, 0.1) is 13.2 Å². The second-order valence-electron chi connectivity index (χ2n) is 5.54. The molecule has 0 bridgehead atoms. The highest BCUT2D eigenvalue weighted by atomic mass is 16.5. The molecule has 0 fully saturated rings. The third kappa shape index (κ3) is 3.89. The van der Waals surface area contributed by atoms with Gasteiger partial charge >= 0.3 is 0 Å². The van der Waals surface area contributed by atoms with Gasteiger partial charge in [0.2, 0.25) is 0 Å². The van der Waals surface area contributed by atoms with E-state index in [9.17, 15) is 10.2 Å². The Morgan fingerprint density at radius 2 is 1.13 bits per heavy atom. The number of benzene rings is 2. The number of hydrogen-bond donors (Lipinski definition) is 2. The van der Waals surface area contributed by atoms with Gasteiger partial charge in [-0.25, -0.2) is 0 Å². The molecule has 0 heterocycles. The van der Waals surface area contributed by atoms with E-state index in [4.69, 9.17) is 9.47 Å². The predicted molar refractivity (Wildman–Crippen MR) is 90.8 cm³/mol. The van der Waals surface area contributed by atoms with Gasteiger partial charge in [0.15, 0.2) is 23.0 Å². The largest absolute Gasteiger partial charge is 0.504 e. The Bertz CT molecular complexity index is 633. The molecule has 0 aliphatic rings. The van der Waals surface area contributed by atoms with Crippen molar-refractivity contribution in [3.8, 4) is 23.0 Å². The van der Waals surface area contributed by atoms with Gasteiger partial charge in [-0.2, -0.15) is 0 Å². The van der Waals surface area contributed by atoms with E-state index in [1.54, 1.807) is 12.1 Å². The molecule has 0 unspecified atom stereocenters. The number of aromatic hydroxyl groups is 2. The maximum Gasteiger partial charge on any atom is 0.161 e. The average molecular weight is 316 g/mol. The second kappa shape index (κ2) is 7.27. The summed E-state index contributed by atoms with van der Waals surface area (Å²) in [5.74, 6) is 1.28. The van der Waals surface area contributed by atoms with Gasteiger partial charge in [-0.3, -0.25) is 0 Å². The molecule has 0 aliphatic heterocycles. The van der Waals surface area contributed by atoms with Crippen molar-refractivity contribution in [1.82, 2.24) is 0 Å². The molecule has 2 rings (SSSR count). The standard InChI is InChI=1S/C19H24O4/c1-5-22-18-7-12(3)14(10-16(18)20)9-15-11-17(21)19(23-6-2)8-13(15)4/h7-8,10-11,20-21H,5-6,9H2,1-4H3. The summed E-state index contributed by atoms with van der Waals surface area (Å²) in [4.78, 5) is 0. The average Bonchev–Trinajstić information content (AvgIpc) is 2.49. The number of hydrogen-bond acceptors (Lipinski definition) is 4. The summed E-state index contributed by atoms with van der Waals surface area (Å²) in [5.41, 5.74) is 4.08. The first-order valence-corrected chi connectivity index (χ1v) is 7.86. The molecule has 4 heteroatoms. The van der Waals surface area contributed by atoms with Crippen LogP contribution in [0.2, 0.25) is 0 Å². The molecular formula is C19H24O4. The quantitative estimate of drug-likeness (QED) is 0.842. The SMILES string of the molecule is CCOc1cc(C)c(Cc2cc(O)c(OCC)cc2C)cc1O. The van der Waals surface area contributed by atoms with Crippen LogP contribution in [0.25, 0.3) is 0 Å². The Morgan fingerprint density at radius 3 is 1.48 bits per heavy atom. The lowest BCUT2D eigenvalue weighted by Crippen LogP contribution is -1.99. The Balaban J connectivity index is 2.32. The summed E-state index contributed by atoms with van der Waals surface area (Å²) in [6, 6.07) is 7.15. The topological polar surface area (TPSA) is 58.9 Å². The van der Waals surface area contributed by atoms with Crippen LogP contribution in [0.3, 0.4) is 0 Å². The van der Waals surface area contributed by atoms with E-state index < -0.39 is 0 Å². The van der Waals surface area contributed by atoms with Crippen molar-refractivity contribution in [2.24, 2.45) is 0 Å². The van der Waals surface area contributed by atoms with Crippen molar-refractivity contribution in [2.45, 2.75) is 34.1 Å². The highest BCUT2D eigenvalue weighted by Crippen LogP contribution is 2.34. The Hall–Kier alpha value is -2.36. The number of aryl methyl sites for hydroxylation is 2. The number of ether oxygens (including phenoxy) is 2. The van der Waals surface area contributed by atoms with Crippen molar-refractivity contribution in [3.63, 3.8) is 0 Å². The fraction of sp³-hybridized carbons (Fsp3) is 0.368. The van der Waals surface area contributed by atoms with Crippen LogP contribution in [0.15, 0.2) is 24.3 Å². The molecule has 2 N–H and O–H groups in total. The van der Waals surface area contributed by atoms with Crippen LogP contribution in [0.1, 0.15) is 36.1 Å². The Labute approximate surface area is 137 Å². The first-order chi connectivity index (χ1) is 11.0. The van der Waals surface area contributed by atoms with Crippen molar-refractivity contribution < 1.29 is 19.7 Å². The summed E-state index contributed by atoms with van der Waals surface area (Å²) in [6.45, 7) is 8.77. The van der Waals surface area contributed by atoms with E-state index in [1.807, 2.05) is 39.8 Å². The normalized spacial score (nSPS) is 10.6. The molecule has 0 aromatic heterocycles. The highest BCUT2D eigenvalue weighted by molar-refractivity contribution is 5.51. The summed E-state index contributed by atoms with van der Waals surface area (Å²) in [7, 11) is 0. The summed E-state index contributed by atoms with van der Waals surface area (Å²) >= 11 is 0. The van der Waals surface area contributed by atoms with Gasteiger partial charge in [-0.05, 0) is 80.6 Å². The van der Waals surface area contributed by atoms with Crippen molar-refractivity contribution in [1.29, 1.82) is 0 Å². The zero-order valence-corrected chi connectivity index (χ0v) is 14.1. The molecule has 124 valence electrons. The smallest absolute Gasteiger partial charge is 0.161 e. The van der Waals surface area contributed by atoms with Gasteiger partial charge in [0.25, 0.3) is 0 Å². The van der Waals surface area contributed by atoms with Gasteiger partial charge in [0.1, 0.15) is 0 Å². The molecule has 0 saturated carbocycles. The minimum Gasteiger partial charge on any atom is -0.504 e. The molecular weight excluding hydrogens is 292 g/mol. The van der Waals surface area contributed by atoms with Crippen LogP contribution in [0.4, 0.5) is 0 Å². The van der Waals surface area contributed by atoms with Gasteiger partial charge < -0.3 is 19.7 Å². The van der Waals surface area contributed by atoms with E-state index in [0.717, 1.165) is 22.3 Å². The molecule has 4 nitrogen and oxygen atoms in total.